The molecule has 3 heterocycles. The van der Waals surface area contributed by atoms with Gasteiger partial charge in [-0.3, -0.25) is 4.79 Å². The molecule has 0 fully saturated rings. The second-order valence-corrected chi connectivity index (χ2v) is 8.49. The van der Waals surface area contributed by atoms with Gasteiger partial charge in [0.2, 0.25) is 0 Å². The van der Waals surface area contributed by atoms with Gasteiger partial charge in [-0.2, -0.15) is 0 Å². The molecule has 0 bridgehead atoms. The van der Waals surface area contributed by atoms with Crippen molar-refractivity contribution in [3.63, 3.8) is 0 Å². The van der Waals surface area contributed by atoms with E-state index in [1.165, 1.54) is 0 Å². The van der Waals surface area contributed by atoms with Gasteiger partial charge in [0.15, 0.2) is 5.69 Å². The number of halogens is 1. The first-order chi connectivity index (χ1) is 16.0. The second kappa shape index (κ2) is 8.71. The summed E-state index contributed by atoms with van der Waals surface area (Å²) in [7, 11) is 1.60. The SMILES string of the molecule is COc1cc(NC(=O)c2nnn3c2CCC[C@@H]3c2ccc(Cl)cc2)ccc1-n1cnc(C)c1. The second-order valence-electron chi connectivity index (χ2n) is 8.05. The van der Waals surface area contributed by atoms with Crippen LogP contribution in [0.5, 0.6) is 5.75 Å². The molecule has 1 atom stereocenters. The highest BCUT2D eigenvalue weighted by Crippen LogP contribution is 2.32. The molecular formula is C24H23ClN6O2. The summed E-state index contributed by atoms with van der Waals surface area (Å²) in [5.74, 6) is 0.333. The van der Waals surface area contributed by atoms with Crippen LogP contribution in [0.4, 0.5) is 5.69 Å². The lowest BCUT2D eigenvalue weighted by molar-refractivity contribution is 0.102. The van der Waals surface area contributed by atoms with Crippen LogP contribution in [0.15, 0.2) is 55.0 Å². The molecule has 9 heteroatoms. The standard InChI is InChI=1S/C24H23ClN6O2/c1-15-13-30(14-26-15)20-11-10-18(12-22(20)33-2)27-24(32)23-21-5-3-4-19(31(21)29-28-23)16-6-8-17(25)9-7-16/h6-14,19H,3-5H2,1-2H3,(H,27,32)/t19-/m1/s1. The number of fused-ring (bicyclic) bond motifs is 1. The van der Waals surface area contributed by atoms with Crippen LogP contribution in [0.2, 0.25) is 5.02 Å². The molecular weight excluding hydrogens is 440 g/mol. The van der Waals surface area contributed by atoms with E-state index in [0.717, 1.165) is 41.9 Å². The number of aryl methyl sites for hydroxylation is 1. The molecule has 1 aliphatic rings. The van der Waals surface area contributed by atoms with Crippen molar-refractivity contribution in [2.75, 3.05) is 12.4 Å². The van der Waals surface area contributed by atoms with Gasteiger partial charge >= 0.3 is 0 Å². The van der Waals surface area contributed by atoms with Crippen molar-refractivity contribution in [1.29, 1.82) is 0 Å². The molecule has 2 aromatic carbocycles. The van der Waals surface area contributed by atoms with Crippen LogP contribution in [0.25, 0.3) is 5.69 Å². The molecule has 1 N–H and O–H groups in total. The average molecular weight is 463 g/mol. The highest BCUT2D eigenvalue weighted by Gasteiger charge is 2.28. The maximum absolute atomic E-state index is 13.1. The van der Waals surface area contributed by atoms with Crippen molar-refractivity contribution in [3.05, 3.63) is 82.7 Å². The molecule has 0 saturated carbocycles. The quantitative estimate of drug-likeness (QED) is 0.468. The number of nitrogens with zero attached hydrogens (tertiary/aromatic N) is 5. The number of anilines is 1. The van der Waals surface area contributed by atoms with E-state index in [9.17, 15) is 4.79 Å². The number of rotatable bonds is 5. The molecule has 33 heavy (non-hydrogen) atoms. The number of hydrogen-bond donors (Lipinski definition) is 1. The van der Waals surface area contributed by atoms with Crippen LogP contribution >= 0.6 is 11.6 Å². The van der Waals surface area contributed by atoms with Crippen LogP contribution in [-0.4, -0.2) is 37.6 Å². The van der Waals surface area contributed by atoms with Gasteiger partial charge in [-0.05, 0) is 56.0 Å². The summed E-state index contributed by atoms with van der Waals surface area (Å²) in [6.45, 7) is 1.93. The summed E-state index contributed by atoms with van der Waals surface area (Å²) in [6.07, 6.45) is 6.28. The van der Waals surface area contributed by atoms with Crippen molar-refractivity contribution in [2.24, 2.45) is 0 Å². The molecule has 4 aromatic rings. The predicted molar refractivity (Wildman–Crippen MR) is 125 cm³/mol. The monoisotopic (exact) mass is 462 g/mol. The third-order valence-electron chi connectivity index (χ3n) is 5.87. The van der Waals surface area contributed by atoms with E-state index < -0.39 is 0 Å². The number of carbonyl (C=O) groups is 1. The van der Waals surface area contributed by atoms with Crippen LogP contribution in [0, 0.1) is 6.92 Å². The minimum atomic E-state index is -0.290. The lowest BCUT2D eigenvalue weighted by atomic mass is 9.96. The summed E-state index contributed by atoms with van der Waals surface area (Å²) in [5, 5.41) is 12.2. The smallest absolute Gasteiger partial charge is 0.278 e. The Morgan fingerprint density at radius 1 is 1.21 bits per heavy atom. The van der Waals surface area contributed by atoms with E-state index in [2.05, 4.69) is 20.6 Å². The lowest BCUT2D eigenvalue weighted by Crippen LogP contribution is -2.22. The number of nitrogens with one attached hydrogen (secondary N) is 1. The van der Waals surface area contributed by atoms with Gasteiger partial charge in [-0.1, -0.05) is 28.9 Å². The summed E-state index contributed by atoms with van der Waals surface area (Å²) in [4.78, 5) is 17.4. The zero-order valence-corrected chi connectivity index (χ0v) is 19.1. The van der Waals surface area contributed by atoms with Gasteiger partial charge in [0.25, 0.3) is 5.91 Å². The maximum Gasteiger partial charge on any atom is 0.278 e. The third-order valence-corrected chi connectivity index (χ3v) is 6.13. The van der Waals surface area contributed by atoms with Crippen molar-refractivity contribution in [3.8, 4) is 11.4 Å². The number of imidazole rings is 1. The van der Waals surface area contributed by atoms with Crippen molar-refractivity contribution in [2.45, 2.75) is 32.2 Å². The van der Waals surface area contributed by atoms with Crippen molar-refractivity contribution >= 4 is 23.2 Å². The molecule has 0 saturated heterocycles. The number of benzene rings is 2. The Hall–Kier alpha value is -3.65. The minimum absolute atomic E-state index is 0.0399. The summed E-state index contributed by atoms with van der Waals surface area (Å²) in [5.41, 5.74) is 4.65. The largest absolute Gasteiger partial charge is 0.494 e. The fraction of sp³-hybridized carbons (Fsp3) is 0.250. The van der Waals surface area contributed by atoms with Crippen LogP contribution < -0.4 is 10.1 Å². The molecule has 0 spiro atoms. The molecule has 2 aromatic heterocycles. The van der Waals surface area contributed by atoms with E-state index in [0.29, 0.717) is 22.2 Å². The van der Waals surface area contributed by atoms with Gasteiger partial charge in [-0.15, -0.1) is 5.10 Å². The summed E-state index contributed by atoms with van der Waals surface area (Å²) < 4.78 is 9.29. The Balaban J connectivity index is 1.39. The Morgan fingerprint density at radius 2 is 2.03 bits per heavy atom. The average Bonchev–Trinajstić information content (AvgIpc) is 3.46. The number of aromatic nitrogens is 5. The first-order valence-electron chi connectivity index (χ1n) is 10.7. The third kappa shape index (κ3) is 4.09. The van der Waals surface area contributed by atoms with Crippen molar-refractivity contribution in [1.82, 2.24) is 24.5 Å². The number of methoxy groups -OCH3 is 1. The first-order valence-corrected chi connectivity index (χ1v) is 11.1. The Kier molecular flexibility index (Phi) is 5.60. The fourth-order valence-corrected chi connectivity index (χ4v) is 4.39. The zero-order chi connectivity index (χ0) is 22.9. The summed E-state index contributed by atoms with van der Waals surface area (Å²) in [6, 6.07) is 13.3. The Bertz CT molecular complexity index is 1310. The first kappa shape index (κ1) is 21.2. The zero-order valence-electron chi connectivity index (χ0n) is 18.3. The lowest BCUT2D eigenvalue weighted by Gasteiger charge is -2.24. The highest BCUT2D eigenvalue weighted by molar-refractivity contribution is 6.30. The molecule has 1 amide bonds. The van der Waals surface area contributed by atoms with Crippen molar-refractivity contribution < 1.29 is 9.53 Å². The van der Waals surface area contributed by atoms with Gasteiger partial charge in [0.1, 0.15) is 5.75 Å². The summed E-state index contributed by atoms with van der Waals surface area (Å²) >= 11 is 6.04. The maximum atomic E-state index is 13.1. The van der Waals surface area contributed by atoms with Gasteiger partial charge in [0.05, 0.1) is 36.6 Å². The normalized spacial score (nSPS) is 15.2. The number of ether oxygens (including phenoxy) is 1. The van der Waals surface area contributed by atoms with Gasteiger partial charge in [0, 0.05) is 23.0 Å². The van der Waals surface area contributed by atoms with Crippen LogP contribution in [0.1, 0.15) is 46.3 Å². The fourth-order valence-electron chi connectivity index (χ4n) is 4.26. The van der Waals surface area contributed by atoms with Crippen LogP contribution in [-0.2, 0) is 6.42 Å². The predicted octanol–water partition coefficient (Wildman–Crippen LogP) is 4.61. The minimum Gasteiger partial charge on any atom is -0.494 e. The Labute approximate surface area is 196 Å². The topological polar surface area (TPSA) is 86.9 Å². The Morgan fingerprint density at radius 3 is 2.76 bits per heavy atom. The van der Waals surface area contributed by atoms with E-state index in [4.69, 9.17) is 16.3 Å². The highest BCUT2D eigenvalue weighted by atomic mass is 35.5. The number of hydrogen-bond acceptors (Lipinski definition) is 5. The van der Waals surface area contributed by atoms with E-state index >= 15 is 0 Å². The number of amides is 1. The van der Waals surface area contributed by atoms with Crippen LogP contribution in [0.3, 0.4) is 0 Å². The van der Waals surface area contributed by atoms with E-state index in [-0.39, 0.29) is 11.9 Å². The molecule has 0 aliphatic carbocycles. The molecule has 8 nitrogen and oxygen atoms in total. The molecule has 5 rings (SSSR count). The van der Waals surface area contributed by atoms with Gasteiger partial charge in [-0.25, -0.2) is 9.67 Å². The molecule has 0 unspecified atom stereocenters. The molecule has 0 radical (unpaired) electrons. The van der Waals surface area contributed by atoms with Gasteiger partial charge < -0.3 is 14.6 Å². The number of carbonyl (C=O) groups excluding carboxylic acids is 1. The van der Waals surface area contributed by atoms with E-state index in [1.54, 1.807) is 19.5 Å². The molecule has 1 aliphatic heterocycles. The van der Waals surface area contributed by atoms with E-state index in [1.807, 2.05) is 58.8 Å². The molecule has 168 valence electrons.